The van der Waals surface area contributed by atoms with E-state index in [1.807, 2.05) is 76.5 Å². The second-order valence-corrected chi connectivity index (χ2v) is 10.7. The van der Waals surface area contributed by atoms with E-state index in [1.165, 1.54) is 0 Å². The molecule has 5 rings (SSSR count). The molecule has 0 saturated carbocycles. The summed E-state index contributed by atoms with van der Waals surface area (Å²) in [5.74, 6) is 0.449. The summed E-state index contributed by atoms with van der Waals surface area (Å²) in [4.78, 5) is 45.8. The lowest BCUT2D eigenvalue weighted by Gasteiger charge is -2.27. The number of anilines is 2. The first-order chi connectivity index (χ1) is 20.5. The second kappa shape index (κ2) is 14.0. The quantitative estimate of drug-likeness (QED) is 0.451. The predicted octanol–water partition coefficient (Wildman–Crippen LogP) is 3.66. The molecule has 2 N–H and O–H groups in total. The zero-order chi connectivity index (χ0) is 29.3. The van der Waals surface area contributed by atoms with Gasteiger partial charge in [0.1, 0.15) is 5.75 Å². The van der Waals surface area contributed by atoms with Crippen LogP contribution in [0.3, 0.4) is 0 Å². The van der Waals surface area contributed by atoms with Gasteiger partial charge in [-0.15, -0.1) is 0 Å². The molecule has 0 bridgehead atoms. The van der Waals surface area contributed by atoms with E-state index in [4.69, 9.17) is 4.74 Å². The van der Waals surface area contributed by atoms with E-state index in [2.05, 4.69) is 15.5 Å². The van der Waals surface area contributed by atoms with E-state index in [-0.39, 0.29) is 24.1 Å². The number of hydrogen-bond donors (Lipinski definition) is 2. The Morgan fingerprint density at radius 2 is 1.52 bits per heavy atom. The lowest BCUT2D eigenvalue weighted by molar-refractivity contribution is -0.115. The van der Waals surface area contributed by atoms with Gasteiger partial charge in [0.05, 0.1) is 24.9 Å². The maximum Gasteiger partial charge on any atom is 0.254 e. The van der Waals surface area contributed by atoms with Crippen LogP contribution in [0.1, 0.15) is 39.1 Å². The van der Waals surface area contributed by atoms with Crippen LogP contribution in [0.2, 0.25) is 0 Å². The SMILES string of the molecule is COc1cccc(C(=O)N2CCCN(c3ccc(C(=O)N4CCCNCC4)cc3NC(=O)Cc3ccccc3)CC2)c1. The lowest BCUT2D eigenvalue weighted by atomic mass is 10.1. The Balaban J connectivity index is 1.36. The zero-order valence-corrected chi connectivity index (χ0v) is 24.2. The maximum atomic E-state index is 13.4. The molecule has 9 nitrogen and oxygen atoms in total. The molecule has 9 heteroatoms. The highest BCUT2D eigenvalue weighted by Crippen LogP contribution is 2.30. The Hall–Kier alpha value is -4.37. The number of hydrogen-bond acceptors (Lipinski definition) is 6. The highest BCUT2D eigenvalue weighted by Gasteiger charge is 2.24. The molecule has 2 aliphatic rings. The summed E-state index contributed by atoms with van der Waals surface area (Å²) in [5.41, 5.74) is 3.54. The van der Waals surface area contributed by atoms with Gasteiger partial charge in [-0.2, -0.15) is 0 Å². The van der Waals surface area contributed by atoms with Crippen molar-refractivity contribution in [3.8, 4) is 5.75 Å². The topological polar surface area (TPSA) is 94.2 Å². The van der Waals surface area contributed by atoms with Gasteiger partial charge >= 0.3 is 0 Å². The standard InChI is InChI=1S/C33H39N5O4/c1-42-28-11-5-10-26(23-28)32(40)38-18-7-17-36(20-21-38)30-13-12-27(33(41)37-16-6-14-34-15-19-37)24-29(30)35-31(39)22-25-8-3-2-4-9-25/h2-5,8-13,23-24,34H,6-7,14-22H2,1H3,(H,35,39). The van der Waals surface area contributed by atoms with Crippen LogP contribution < -0.4 is 20.3 Å². The largest absolute Gasteiger partial charge is 0.497 e. The Kier molecular flexibility index (Phi) is 9.71. The third kappa shape index (κ3) is 7.28. The van der Waals surface area contributed by atoms with Crippen molar-refractivity contribution >= 4 is 29.1 Å². The summed E-state index contributed by atoms with van der Waals surface area (Å²) < 4.78 is 5.30. The zero-order valence-electron chi connectivity index (χ0n) is 24.2. The molecular formula is C33H39N5O4. The minimum absolute atomic E-state index is 0.0278. The van der Waals surface area contributed by atoms with Crippen LogP contribution in [0.25, 0.3) is 0 Å². The summed E-state index contributed by atoms with van der Waals surface area (Å²) >= 11 is 0. The molecular weight excluding hydrogens is 530 g/mol. The average molecular weight is 570 g/mol. The van der Waals surface area contributed by atoms with Gasteiger partial charge < -0.3 is 30.1 Å². The molecule has 2 fully saturated rings. The first-order valence-electron chi connectivity index (χ1n) is 14.7. The number of carbonyl (C=O) groups excluding carboxylic acids is 3. The third-order valence-electron chi connectivity index (χ3n) is 7.79. The summed E-state index contributed by atoms with van der Waals surface area (Å²) in [6.45, 7) is 5.50. The van der Waals surface area contributed by atoms with Gasteiger partial charge in [-0.1, -0.05) is 36.4 Å². The van der Waals surface area contributed by atoms with Gasteiger partial charge in [0.25, 0.3) is 11.8 Å². The molecule has 3 amide bonds. The number of benzene rings is 3. The number of nitrogens with zero attached hydrogens (tertiary/aromatic N) is 3. The number of nitrogens with one attached hydrogen (secondary N) is 2. The van der Waals surface area contributed by atoms with Crippen molar-refractivity contribution in [1.82, 2.24) is 15.1 Å². The molecule has 3 aromatic carbocycles. The molecule has 2 aliphatic heterocycles. The van der Waals surface area contributed by atoms with Crippen molar-refractivity contribution in [2.45, 2.75) is 19.3 Å². The molecule has 42 heavy (non-hydrogen) atoms. The summed E-state index contributed by atoms with van der Waals surface area (Å²) in [5, 5.41) is 6.44. The van der Waals surface area contributed by atoms with Gasteiger partial charge in [-0.05, 0) is 61.3 Å². The maximum absolute atomic E-state index is 13.4. The van der Waals surface area contributed by atoms with E-state index < -0.39 is 0 Å². The van der Waals surface area contributed by atoms with Crippen molar-refractivity contribution in [3.63, 3.8) is 0 Å². The van der Waals surface area contributed by atoms with Crippen LogP contribution >= 0.6 is 0 Å². The fraction of sp³-hybridized carbons (Fsp3) is 0.364. The molecule has 2 saturated heterocycles. The third-order valence-corrected chi connectivity index (χ3v) is 7.79. The van der Waals surface area contributed by atoms with Crippen molar-refractivity contribution < 1.29 is 19.1 Å². The van der Waals surface area contributed by atoms with Crippen LogP contribution in [-0.2, 0) is 11.2 Å². The summed E-state index contributed by atoms with van der Waals surface area (Å²) in [7, 11) is 1.59. The highest BCUT2D eigenvalue weighted by molar-refractivity contribution is 6.00. The number of rotatable bonds is 7. The van der Waals surface area contributed by atoms with Crippen molar-refractivity contribution in [1.29, 1.82) is 0 Å². The van der Waals surface area contributed by atoms with Crippen LogP contribution in [0.4, 0.5) is 11.4 Å². The minimum Gasteiger partial charge on any atom is -0.497 e. The minimum atomic E-state index is -0.143. The monoisotopic (exact) mass is 569 g/mol. The van der Waals surface area contributed by atoms with Crippen molar-refractivity contribution in [2.75, 3.05) is 69.7 Å². The van der Waals surface area contributed by atoms with Crippen LogP contribution in [0.5, 0.6) is 5.75 Å². The molecule has 220 valence electrons. The van der Waals surface area contributed by atoms with Gasteiger partial charge in [-0.3, -0.25) is 14.4 Å². The number of methoxy groups -OCH3 is 1. The van der Waals surface area contributed by atoms with Crippen molar-refractivity contribution in [3.05, 3.63) is 89.5 Å². The number of ether oxygens (including phenoxy) is 1. The first kappa shape index (κ1) is 29.1. The summed E-state index contributed by atoms with van der Waals surface area (Å²) in [6, 6.07) is 22.4. The van der Waals surface area contributed by atoms with Gasteiger partial charge in [0, 0.05) is 56.9 Å². The first-order valence-corrected chi connectivity index (χ1v) is 14.7. The van der Waals surface area contributed by atoms with Crippen LogP contribution in [0, 0.1) is 0 Å². The van der Waals surface area contributed by atoms with E-state index in [9.17, 15) is 14.4 Å². The molecule has 0 aromatic heterocycles. The normalized spacial score (nSPS) is 15.9. The van der Waals surface area contributed by atoms with Gasteiger partial charge in [0.2, 0.25) is 5.91 Å². The Bertz CT molecular complexity index is 1390. The molecule has 0 atom stereocenters. The van der Waals surface area contributed by atoms with Crippen molar-refractivity contribution in [2.24, 2.45) is 0 Å². The highest BCUT2D eigenvalue weighted by atomic mass is 16.5. The Morgan fingerprint density at radius 1 is 0.762 bits per heavy atom. The molecule has 0 aliphatic carbocycles. The molecule has 0 unspecified atom stereocenters. The van der Waals surface area contributed by atoms with Crippen LogP contribution in [-0.4, -0.2) is 87.0 Å². The number of amides is 3. The van der Waals surface area contributed by atoms with E-state index in [0.717, 1.165) is 37.2 Å². The lowest BCUT2D eigenvalue weighted by Crippen LogP contribution is -2.35. The average Bonchev–Trinajstić information content (AvgIpc) is 3.45. The molecule has 3 aromatic rings. The van der Waals surface area contributed by atoms with E-state index >= 15 is 0 Å². The van der Waals surface area contributed by atoms with Gasteiger partial charge in [0.15, 0.2) is 0 Å². The molecule has 0 spiro atoms. The second-order valence-electron chi connectivity index (χ2n) is 10.7. The Morgan fingerprint density at radius 3 is 2.33 bits per heavy atom. The number of carbonyl (C=O) groups is 3. The van der Waals surface area contributed by atoms with E-state index in [0.29, 0.717) is 61.8 Å². The Labute approximate surface area is 247 Å². The van der Waals surface area contributed by atoms with E-state index in [1.54, 1.807) is 13.2 Å². The van der Waals surface area contributed by atoms with Gasteiger partial charge in [-0.25, -0.2) is 0 Å². The summed E-state index contributed by atoms with van der Waals surface area (Å²) in [6.07, 6.45) is 1.91. The fourth-order valence-electron chi connectivity index (χ4n) is 5.55. The van der Waals surface area contributed by atoms with Crippen LogP contribution in [0.15, 0.2) is 72.8 Å². The predicted molar refractivity (Wildman–Crippen MR) is 164 cm³/mol. The molecule has 2 heterocycles. The fourth-order valence-corrected chi connectivity index (χ4v) is 5.55. The molecule has 0 radical (unpaired) electrons. The smallest absolute Gasteiger partial charge is 0.254 e.